The third kappa shape index (κ3) is 2.75. The zero-order valence-corrected chi connectivity index (χ0v) is 12.3. The molecule has 20 heavy (non-hydrogen) atoms. The van der Waals surface area contributed by atoms with Crippen molar-refractivity contribution in [2.45, 2.75) is 45.1 Å². The number of amides is 1. The molecule has 2 aromatic heterocycles. The second-order valence-corrected chi connectivity index (χ2v) is 6.18. The Kier molecular flexibility index (Phi) is 3.82. The summed E-state index contributed by atoms with van der Waals surface area (Å²) in [7, 11) is 0. The molecule has 1 aliphatic carbocycles. The molecule has 0 aliphatic heterocycles. The summed E-state index contributed by atoms with van der Waals surface area (Å²) in [6.07, 6.45) is 9.31. The van der Waals surface area contributed by atoms with Crippen molar-refractivity contribution in [2.24, 2.45) is 0 Å². The van der Waals surface area contributed by atoms with Gasteiger partial charge in [0.25, 0.3) is 5.91 Å². The average Bonchev–Trinajstić information content (AvgIpc) is 3.04. The van der Waals surface area contributed by atoms with Crippen LogP contribution in [0, 0.1) is 0 Å². The number of rotatable bonds is 3. The molecule has 2 heterocycles. The Hall–Kier alpha value is -1.69. The summed E-state index contributed by atoms with van der Waals surface area (Å²) in [5, 5.41) is 7.73. The number of thiazole rings is 1. The van der Waals surface area contributed by atoms with Gasteiger partial charge in [-0.25, -0.2) is 4.98 Å². The maximum atomic E-state index is 12.2. The number of hydrogen-bond acceptors (Lipinski definition) is 4. The van der Waals surface area contributed by atoms with E-state index in [4.69, 9.17) is 0 Å². The molecule has 2 aromatic rings. The minimum absolute atomic E-state index is 0.0717. The van der Waals surface area contributed by atoms with Gasteiger partial charge < -0.3 is 5.32 Å². The molecule has 1 atom stereocenters. The van der Waals surface area contributed by atoms with Crippen LogP contribution in [-0.4, -0.2) is 20.7 Å². The van der Waals surface area contributed by atoms with Crippen molar-refractivity contribution < 1.29 is 4.79 Å². The summed E-state index contributed by atoms with van der Waals surface area (Å²) in [6.45, 7) is 1.83. The number of nitrogens with zero attached hydrogens (tertiary/aromatic N) is 3. The summed E-state index contributed by atoms with van der Waals surface area (Å²) in [5.41, 5.74) is 1.18. The van der Waals surface area contributed by atoms with Crippen LogP contribution < -0.4 is 5.32 Å². The number of carbonyl (C=O) groups excluding carboxylic acids is 1. The van der Waals surface area contributed by atoms with Gasteiger partial charge in [0.05, 0.1) is 5.69 Å². The molecular weight excluding hydrogens is 272 g/mol. The lowest BCUT2D eigenvalue weighted by atomic mass is 10.2. The smallest absolute Gasteiger partial charge is 0.250 e. The Morgan fingerprint density at radius 3 is 3.05 bits per heavy atom. The zero-order chi connectivity index (χ0) is 13.9. The van der Waals surface area contributed by atoms with Crippen LogP contribution in [0.2, 0.25) is 0 Å². The first-order valence-electron chi connectivity index (χ1n) is 7.02. The summed E-state index contributed by atoms with van der Waals surface area (Å²) < 4.78 is 1.65. The molecule has 0 bridgehead atoms. The minimum Gasteiger partial charge on any atom is -0.300 e. The number of aromatic nitrogens is 3. The molecule has 1 N–H and O–H groups in total. The van der Waals surface area contributed by atoms with E-state index in [1.807, 2.05) is 13.0 Å². The van der Waals surface area contributed by atoms with Crippen LogP contribution in [0.4, 0.5) is 5.13 Å². The highest BCUT2D eigenvalue weighted by atomic mass is 32.1. The van der Waals surface area contributed by atoms with Crippen molar-refractivity contribution in [2.75, 3.05) is 5.32 Å². The fourth-order valence-corrected chi connectivity index (χ4v) is 3.47. The third-order valence-electron chi connectivity index (χ3n) is 3.63. The topological polar surface area (TPSA) is 59.8 Å². The molecule has 6 heteroatoms. The van der Waals surface area contributed by atoms with Crippen molar-refractivity contribution in [3.8, 4) is 0 Å². The lowest BCUT2D eigenvalue weighted by molar-refractivity contribution is -0.119. The monoisotopic (exact) mass is 290 g/mol. The number of aryl methyl sites for hydroxylation is 2. The Labute approximate surface area is 122 Å². The molecule has 106 valence electrons. The van der Waals surface area contributed by atoms with Gasteiger partial charge in [-0.1, -0.05) is 6.42 Å². The first-order chi connectivity index (χ1) is 9.74. The van der Waals surface area contributed by atoms with E-state index in [0.717, 1.165) is 18.0 Å². The normalized spacial score (nSPS) is 16.2. The molecule has 1 aliphatic rings. The lowest BCUT2D eigenvalue weighted by Crippen LogP contribution is -2.23. The van der Waals surface area contributed by atoms with E-state index in [1.54, 1.807) is 28.4 Å². The van der Waals surface area contributed by atoms with Gasteiger partial charge in [0.2, 0.25) is 0 Å². The number of nitrogens with one attached hydrogen (secondary N) is 1. The Bertz CT molecular complexity index is 567. The van der Waals surface area contributed by atoms with Crippen LogP contribution in [-0.2, 0) is 17.6 Å². The van der Waals surface area contributed by atoms with E-state index in [9.17, 15) is 4.79 Å². The summed E-state index contributed by atoms with van der Waals surface area (Å²) in [6, 6.07) is 1.49. The van der Waals surface area contributed by atoms with Gasteiger partial charge in [-0.2, -0.15) is 5.10 Å². The lowest BCUT2D eigenvalue weighted by Gasteiger charge is -2.10. The van der Waals surface area contributed by atoms with Gasteiger partial charge in [-0.15, -0.1) is 11.3 Å². The molecule has 0 spiro atoms. The Morgan fingerprint density at radius 2 is 2.25 bits per heavy atom. The highest BCUT2D eigenvalue weighted by Crippen LogP contribution is 2.29. The maximum Gasteiger partial charge on any atom is 0.250 e. The molecule has 1 amide bonds. The third-order valence-corrected chi connectivity index (χ3v) is 4.70. The van der Waals surface area contributed by atoms with Gasteiger partial charge in [-0.05, 0) is 38.7 Å². The Balaban J connectivity index is 1.70. The van der Waals surface area contributed by atoms with Crippen LogP contribution in [0.3, 0.4) is 0 Å². The molecule has 0 aromatic carbocycles. The maximum absolute atomic E-state index is 12.2. The number of fused-ring (bicyclic) bond motifs is 1. The zero-order valence-electron chi connectivity index (χ0n) is 11.5. The first-order valence-corrected chi connectivity index (χ1v) is 7.84. The molecule has 3 rings (SSSR count). The highest BCUT2D eigenvalue weighted by Gasteiger charge is 2.19. The van der Waals surface area contributed by atoms with E-state index in [-0.39, 0.29) is 11.9 Å². The van der Waals surface area contributed by atoms with Gasteiger partial charge in [0.1, 0.15) is 6.04 Å². The fraction of sp³-hybridized carbons (Fsp3) is 0.500. The largest absolute Gasteiger partial charge is 0.300 e. The molecule has 5 nitrogen and oxygen atoms in total. The average molecular weight is 290 g/mol. The van der Waals surface area contributed by atoms with Crippen LogP contribution in [0.5, 0.6) is 0 Å². The fourth-order valence-electron chi connectivity index (χ4n) is 2.42. The van der Waals surface area contributed by atoms with Crippen molar-refractivity contribution in [1.82, 2.24) is 14.8 Å². The number of hydrogen-bond donors (Lipinski definition) is 1. The second-order valence-electron chi connectivity index (χ2n) is 5.10. The second kappa shape index (κ2) is 5.75. The van der Waals surface area contributed by atoms with E-state index in [1.165, 1.54) is 29.8 Å². The summed E-state index contributed by atoms with van der Waals surface area (Å²) in [4.78, 5) is 18.1. The van der Waals surface area contributed by atoms with E-state index in [2.05, 4.69) is 15.4 Å². The first kappa shape index (κ1) is 13.3. The van der Waals surface area contributed by atoms with Gasteiger partial charge in [0.15, 0.2) is 5.13 Å². The molecule has 0 saturated heterocycles. The molecule has 0 fully saturated rings. The minimum atomic E-state index is -0.325. The van der Waals surface area contributed by atoms with Crippen LogP contribution in [0.25, 0.3) is 0 Å². The van der Waals surface area contributed by atoms with Gasteiger partial charge in [-0.3, -0.25) is 9.48 Å². The predicted octanol–water partition coefficient (Wildman–Crippen LogP) is 2.81. The van der Waals surface area contributed by atoms with Crippen molar-refractivity contribution in [1.29, 1.82) is 0 Å². The summed E-state index contributed by atoms with van der Waals surface area (Å²) in [5.74, 6) is -0.0717. The van der Waals surface area contributed by atoms with Gasteiger partial charge >= 0.3 is 0 Å². The SMILES string of the molecule is C[C@H](C(=O)Nc1nc2c(s1)CCCCC2)n1cccn1. The predicted molar refractivity (Wildman–Crippen MR) is 78.9 cm³/mol. The molecule has 0 saturated carbocycles. The van der Waals surface area contributed by atoms with E-state index < -0.39 is 0 Å². The highest BCUT2D eigenvalue weighted by molar-refractivity contribution is 7.15. The van der Waals surface area contributed by atoms with Crippen molar-refractivity contribution >= 4 is 22.4 Å². The van der Waals surface area contributed by atoms with Crippen LogP contribution in [0.1, 0.15) is 42.8 Å². The van der Waals surface area contributed by atoms with E-state index >= 15 is 0 Å². The number of carbonyl (C=O) groups is 1. The van der Waals surface area contributed by atoms with Gasteiger partial charge in [0, 0.05) is 17.3 Å². The standard InChI is InChI=1S/C14H18N4OS/c1-10(18-9-5-8-15-18)13(19)17-14-16-11-6-3-2-4-7-12(11)20-14/h5,8-10H,2-4,6-7H2,1H3,(H,16,17,19)/t10-/m1/s1. The van der Waals surface area contributed by atoms with Crippen LogP contribution >= 0.6 is 11.3 Å². The quantitative estimate of drug-likeness (QED) is 0.884. The summed E-state index contributed by atoms with van der Waals surface area (Å²) >= 11 is 1.62. The molecule has 0 unspecified atom stereocenters. The van der Waals surface area contributed by atoms with Crippen molar-refractivity contribution in [3.05, 3.63) is 29.0 Å². The Morgan fingerprint density at radius 1 is 1.40 bits per heavy atom. The van der Waals surface area contributed by atoms with E-state index in [0.29, 0.717) is 0 Å². The van der Waals surface area contributed by atoms with Crippen molar-refractivity contribution in [3.63, 3.8) is 0 Å². The number of anilines is 1. The van der Waals surface area contributed by atoms with Crippen LogP contribution in [0.15, 0.2) is 18.5 Å². The molecular formula is C14H18N4OS. The molecule has 0 radical (unpaired) electrons.